The SMILES string of the molecule is CCCCC(C)(CC)CCCNC(=N)N. The summed E-state index contributed by atoms with van der Waals surface area (Å²) in [6.45, 7) is 7.72. The molecular weight excluding hydrogens is 186 g/mol. The normalized spacial score (nSPS) is 14.6. The zero-order chi connectivity index (χ0) is 11.7. The fourth-order valence-corrected chi connectivity index (χ4v) is 1.82. The summed E-state index contributed by atoms with van der Waals surface area (Å²) in [5.74, 6) is 0.0850. The Morgan fingerprint density at radius 2 is 1.87 bits per heavy atom. The molecule has 0 aliphatic heterocycles. The molecule has 4 N–H and O–H groups in total. The van der Waals surface area contributed by atoms with E-state index in [0.717, 1.165) is 13.0 Å². The highest BCUT2D eigenvalue weighted by atomic mass is 15.0. The minimum Gasteiger partial charge on any atom is -0.370 e. The molecular formula is C12H27N3. The fraction of sp³-hybridized carbons (Fsp3) is 0.917. The Bertz CT molecular complexity index is 180. The summed E-state index contributed by atoms with van der Waals surface area (Å²) in [5, 5.41) is 9.91. The van der Waals surface area contributed by atoms with Crippen LogP contribution < -0.4 is 11.1 Å². The molecule has 0 bridgehead atoms. The molecule has 0 amide bonds. The van der Waals surface area contributed by atoms with Gasteiger partial charge < -0.3 is 11.1 Å². The first-order chi connectivity index (χ1) is 7.04. The predicted molar refractivity (Wildman–Crippen MR) is 67.1 cm³/mol. The van der Waals surface area contributed by atoms with Gasteiger partial charge in [-0.25, -0.2) is 0 Å². The van der Waals surface area contributed by atoms with Crippen LogP contribution in [0.4, 0.5) is 0 Å². The highest BCUT2D eigenvalue weighted by Crippen LogP contribution is 2.32. The molecule has 0 fully saturated rings. The number of guanidine groups is 1. The Labute approximate surface area is 94.3 Å². The van der Waals surface area contributed by atoms with E-state index in [-0.39, 0.29) is 5.96 Å². The van der Waals surface area contributed by atoms with E-state index in [2.05, 4.69) is 26.1 Å². The second kappa shape index (κ2) is 7.55. The lowest BCUT2D eigenvalue weighted by Gasteiger charge is -2.28. The number of nitrogens with one attached hydrogen (secondary N) is 2. The monoisotopic (exact) mass is 213 g/mol. The molecule has 90 valence electrons. The van der Waals surface area contributed by atoms with E-state index in [0.29, 0.717) is 5.41 Å². The maximum Gasteiger partial charge on any atom is 0.185 e. The van der Waals surface area contributed by atoms with Crippen LogP contribution >= 0.6 is 0 Å². The first-order valence-corrected chi connectivity index (χ1v) is 6.12. The zero-order valence-electron chi connectivity index (χ0n) is 10.5. The lowest BCUT2D eigenvalue weighted by atomic mass is 9.78. The highest BCUT2D eigenvalue weighted by molar-refractivity contribution is 5.74. The van der Waals surface area contributed by atoms with Crippen molar-refractivity contribution in [2.45, 2.75) is 59.3 Å². The molecule has 3 heteroatoms. The van der Waals surface area contributed by atoms with Crippen LogP contribution in [-0.2, 0) is 0 Å². The van der Waals surface area contributed by atoms with Gasteiger partial charge in [-0.1, -0.05) is 40.0 Å². The van der Waals surface area contributed by atoms with Gasteiger partial charge in [0.1, 0.15) is 0 Å². The number of nitrogens with two attached hydrogens (primary N) is 1. The molecule has 0 radical (unpaired) electrons. The number of hydrogen-bond donors (Lipinski definition) is 3. The van der Waals surface area contributed by atoms with Gasteiger partial charge in [0.05, 0.1) is 0 Å². The Kier molecular flexibility index (Phi) is 7.18. The average molecular weight is 213 g/mol. The molecule has 0 aromatic carbocycles. The Hall–Kier alpha value is -0.730. The van der Waals surface area contributed by atoms with E-state index in [1.165, 1.54) is 32.1 Å². The predicted octanol–water partition coefficient (Wildman–Crippen LogP) is 2.86. The van der Waals surface area contributed by atoms with Crippen molar-refractivity contribution in [2.24, 2.45) is 11.1 Å². The third-order valence-electron chi connectivity index (χ3n) is 3.26. The molecule has 0 aliphatic rings. The van der Waals surface area contributed by atoms with E-state index in [1.54, 1.807) is 0 Å². The van der Waals surface area contributed by atoms with Crippen molar-refractivity contribution >= 4 is 5.96 Å². The summed E-state index contributed by atoms with van der Waals surface area (Å²) in [4.78, 5) is 0. The summed E-state index contributed by atoms with van der Waals surface area (Å²) >= 11 is 0. The Balaban J connectivity index is 3.72. The number of hydrogen-bond acceptors (Lipinski definition) is 1. The largest absolute Gasteiger partial charge is 0.370 e. The van der Waals surface area contributed by atoms with Crippen molar-refractivity contribution in [1.29, 1.82) is 5.41 Å². The first kappa shape index (κ1) is 14.3. The van der Waals surface area contributed by atoms with Gasteiger partial charge in [-0.3, -0.25) is 5.41 Å². The third-order valence-corrected chi connectivity index (χ3v) is 3.26. The molecule has 1 atom stereocenters. The second-order valence-corrected chi connectivity index (χ2v) is 4.71. The van der Waals surface area contributed by atoms with Gasteiger partial charge in [-0.2, -0.15) is 0 Å². The highest BCUT2D eigenvalue weighted by Gasteiger charge is 2.20. The summed E-state index contributed by atoms with van der Waals surface area (Å²) in [5.41, 5.74) is 5.71. The van der Waals surface area contributed by atoms with Gasteiger partial charge in [0, 0.05) is 6.54 Å². The van der Waals surface area contributed by atoms with Gasteiger partial charge in [-0.15, -0.1) is 0 Å². The molecule has 3 nitrogen and oxygen atoms in total. The molecule has 0 saturated carbocycles. The van der Waals surface area contributed by atoms with Crippen molar-refractivity contribution in [2.75, 3.05) is 6.54 Å². The van der Waals surface area contributed by atoms with Crippen molar-refractivity contribution in [3.05, 3.63) is 0 Å². The van der Waals surface area contributed by atoms with E-state index >= 15 is 0 Å². The average Bonchev–Trinajstić information content (AvgIpc) is 2.21. The molecule has 0 aromatic heterocycles. The molecule has 0 saturated heterocycles. The first-order valence-electron chi connectivity index (χ1n) is 6.12. The fourth-order valence-electron chi connectivity index (χ4n) is 1.82. The van der Waals surface area contributed by atoms with Crippen LogP contribution in [0.25, 0.3) is 0 Å². The van der Waals surface area contributed by atoms with Gasteiger partial charge in [0.25, 0.3) is 0 Å². The van der Waals surface area contributed by atoms with Crippen LogP contribution in [0.3, 0.4) is 0 Å². The standard InChI is InChI=1S/C12H27N3/c1-4-6-8-12(3,5-2)9-7-10-15-11(13)14/h4-10H2,1-3H3,(H4,13,14,15). The maximum atomic E-state index is 7.05. The molecule has 1 unspecified atom stereocenters. The molecule has 0 spiro atoms. The van der Waals surface area contributed by atoms with Crippen LogP contribution in [0.1, 0.15) is 59.3 Å². The van der Waals surface area contributed by atoms with Crippen molar-refractivity contribution in [3.8, 4) is 0 Å². The molecule has 0 rings (SSSR count). The number of unbranched alkanes of at least 4 members (excludes halogenated alkanes) is 1. The summed E-state index contributed by atoms with van der Waals surface area (Å²) < 4.78 is 0. The molecule has 0 aromatic rings. The van der Waals surface area contributed by atoms with Gasteiger partial charge in [-0.05, 0) is 24.7 Å². The van der Waals surface area contributed by atoms with Crippen molar-refractivity contribution < 1.29 is 0 Å². The molecule has 15 heavy (non-hydrogen) atoms. The Morgan fingerprint density at radius 3 is 2.33 bits per heavy atom. The van der Waals surface area contributed by atoms with E-state index < -0.39 is 0 Å². The van der Waals surface area contributed by atoms with Crippen LogP contribution in [0, 0.1) is 10.8 Å². The minimum absolute atomic E-state index is 0.0850. The zero-order valence-corrected chi connectivity index (χ0v) is 10.5. The quantitative estimate of drug-likeness (QED) is 0.330. The van der Waals surface area contributed by atoms with E-state index in [1.807, 2.05) is 0 Å². The van der Waals surface area contributed by atoms with Gasteiger partial charge in [0.15, 0.2) is 5.96 Å². The van der Waals surface area contributed by atoms with E-state index in [9.17, 15) is 0 Å². The van der Waals surface area contributed by atoms with Gasteiger partial charge >= 0.3 is 0 Å². The van der Waals surface area contributed by atoms with Crippen LogP contribution in [0.2, 0.25) is 0 Å². The summed E-state index contributed by atoms with van der Waals surface area (Å²) in [6.07, 6.45) is 7.50. The third kappa shape index (κ3) is 7.23. The van der Waals surface area contributed by atoms with Crippen LogP contribution in [0.15, 0.2) is 0 Å². The minimum atomic E-state index is 0.0850. The molecule has 0 aliphatic carbocycles. The van der Waals surface area contributed by atoms with Crippen molar-refractivity contribution in [1.82, 2.24) is 5.32 Å². The Morgan fingerprint density at radius 1 is 1.27 bits per heavy atom. The van der Waals surface area contributed by atoms with Crippen molar-refractivity contribution in [3.63, 3.8) is 0 Å². The molecule has 0 heterocycles. The second-order valence-electron chi connectivity index (χ2n) is 4.71. The lowest BCUT2D eigenvalue weighted by Crippen LogP contribution is -2.31. The van der Waals surface area contributed by atoms with E-state index in [4.69, 9.17) is 11.1 Å². The van der Waals surface area contributed by atoms with Gasteiger partial charge in [0.2, 0.25) is 0 Å². The smallest absolute Gasteiger partial charge is 0.185 e. The summed E-state index contributed by atoms with van der Waals surface area (Å²) in [7, 11) is 0. The number of rotatable bonds is 8. The lowest BCUT2D eigenvalue weighted by molar-refractivity contribution is 0.247. The van der Waals surface area contributed by atoms with Crippen LogP contribution in [-0.4, -0.2) is 12.5 Å². The maximum absolute atomic E-state index is 7.05. The summed E-state index contributed by atoms with van der Waals surface area (Å²) in [6, 6.07) is 0. The van der Waals surface area contributed by atoms with Crippen LogP contribution in [0.5, 0.6) is 0 Å². The topological polar surface area (TPSA) is 61.9 Å².